The zero-order chi connectivity index (χ0) is 16.1. The number of hydrogen-bond donors (Lipinski definition) is 0. The summed E-state index contributed by atoms with van der Waals surface area (Å²) < 4.78 is 10.7. The summed E-state index contributed by atoms with van der Waals surface area (Å²) in [7, 11) is 0. The molecule has 2 bridgehead atoms. The average molecular weight is 302 g/mol. The minimum Gasteiger partial charge on any atom is -0.461 e. The van der Waals surface area contributed by atoms with Crippen molar-refractivity contribution in [3.05, 3.63) is 34.9 Å². The van der Waals surface area contributed by atoms with Gasteiger partial charge in [0, 0.05) is 24.5 Å². The monoisotopic (exact) mass is 302 g/mol. The van der Waals surface area contributed by atoms with Gasteiger partial charge in [0.25, 0.3) is 0 Å². The summed E-state index contributed by atoms with van der Waals surface area (Å²) in [6, 6.07) is 0. The molecule has 0 radical (unpaired) electrons. The van der Waals surface area contributed by atoms with Crippen LogP contribution in [0.3, 0.4) is 0 Å². The minimum atomic E-state index is -0.994. The van der Waals surface area contributed by atoms with Crippen LogP contribution in [0.1, 0.15) is 33.1 Å². The van der Waals surface area contributed by atoms with Crippen LogP contribution in [0.25, 0.3) is 0 Å². The van der Waals surface area contributed by atoms with E-state index in [9.17, 15) is 14.4 Å². The maximum Gasteiger partial charge on any atom is 0.334 e. The van der Waals surface area contributed by atoms with E-state index in [0.29, 0.717) is 30.4 Å². The van der Waals surface area contributed by atoms with Gasteiger partial charge < -0.3 is 9.47 Å². The Morgan fingerprint density at radius 1 is 1.50 bits per heavy atom. The molecule has 1 heterocycles. The lowest BCUT2D eigenvalue weighted by molar-refractivity contribution is -0.154. The van der Waals surface area contributed by atoms with Gasteiger partial charge in [0.1, 0.15) is 6.61 Å². The number of carbonyl (C=O) groups excluding carboxylic acids is 3. The number of ether oxygens (including phenoxy) is 2. The lowest BCUT2D eigenvalue weighted by Crippen LogP contribution is -2.44. The summed E-state index contributed by atoms with van der Waals surface area (Å²) in [4.78, 5) is 35.7. The van der Waals surface area contributed by atoms with Crippen LogP contribution in [0.15, 0.2) is 34.9 Å². The first-order valence-electron chi connectivity index (χ1n) is 7.36. The van der Waals surface area contributed by atoms with Gasteiger partial charge in [-0.25, -0.2) is 4.79 Å². The molecule has 0 saturated carbocycles. The van der Waals surface area contributed by atoms with E-state index >= 15 is 0 Å². The Morgan fingerprint density at radius 3 is 2.91 bits per heavy atom. The maximum atomic E-state index is 12.4. The van der Waals surface area contributed by atoms with Crippen molar-refractivity contribution in [2.75, 3.05) is 6.61 Å². The van der Waals surface area contributed by atoms with Crippen molar-refractivity contribution >= 4 is 17.7 Å². The number of carbonyl (C=O) groups is 3. The van der Waals surface area contributed by atoms with Crippen LogP contribution in [0.4, 0.5) is 0 Å². The second-order valence-corrected chi connectivity index (χ2v) is 6.13. The van der Waals surface area contributed by atoms with Gasteiger partial charge in [0.05, 0.1) is 0 Å². The lowest BCUT2D eigenvalue weighted by atomic mass is 9.78. The molecule has 3 aliphatic rings. The predicted octanol–water partition coefficient (Wildman–Crippen LogP) is 2.03. The number of hydrogen-bond acceptors (Lipinski definition) is 5. The summed E-state index contributed by atoms with van der Waals surface area (Å²) >= 11 is 0. The fourth-order valence-corrected chi connectivity index (χ4v) is 3.62. The second kappa shape index (κ2) is 4.93. The summed E-state index contributed by atoms with van der Waals surface area (Å²) in [6.45, 7) is 7.03. The highest BCUT2D eigenvalue weighted by atomic mass is 16.6. The van der Waals surface area contributed by atoms with Crippen molar-refractivity contribution in [3.63, 3.8) is 0 Å². The van der Waals surface area contributed by atoms with E-state index in [-0.39, 0.29) is 18.3 Å². The number of fused-ring (bicyclic) bond motifs is 1. The molecule has 22 heavy (non-hydrogen) atoms. The molecular formula is C17H18O5. The molecule has 1 aliphatic heterocycles. The Labute approximate surface area is 128 Å². The standard InChI is InChI=1S/C17H18O5/c1-9-6-14(19)15-13(8-21-11(3)18)5-4-12-7-17(9,15)22-16(20)10(12)2/h6,12H,2,4-5,7-8H2,1,3H3/t12-,17+/m1/s1. The van der Waals surface area contributed by atoms with Crippen LogP contribution in [0, 0.1) is 5.92 Å². The highest BCUT2D eigenvalue weighted by Crippen LogP contribution is 2.51. The van der Waals surface area contributed by atoms with Crippen molar-refractivity contribution in [1.29, 1.82) is 0 Å². The number of rotatable bonds is 2. The van der Waals surface area contributed by atoms with Gasteiger partial charge in [-0.2, -0.15) is 0 Å². The summed E-state index contributed by atoms with van der Waals surface area (Å²) in [6.07, 6.45) is 3.37. The van der Waals surface area contributed by atoms with Crippen LogP contribution in [0.2, 0.25) is 0 Å². The normalized spacial score (nSPS) is 30.5. The number of allylic oxidation sites excluding steroid dienone is 1. The van der Waals surface area contributed by atoms with Gasteiger partial charge in [0.15, 0.2) is 11.4 Å². The molecule has 0 amide bonds. The lowest BCUT2D eigenvalue weighted by Gasteiger charge is -2.39. The fraction of sp³-hybridized carbons (Fsp3) is 0.471. The van der Waals surface area contributed by atoms with Crippen LogP contribution >= 0.6 is 0 Å². The molecule has 3 rings (SSSR count). The van der Waals surface area contributed by atoms with Crippen molar-refractivity contribution in [2.24, 2.45) is 5.92 Å². The van der Waals surface area contributed by atoms with Crippen molar-refractivity contribution in [2.45, 2.75) is 38.7 Å². The van der Waals surface area contributed by atoms with Gasteiger partial charge in [-0.05, 0) is 42.9 Å². The second-order valence-electron chi connectivity index (χ2n) is 6.13. The molecule has 5 heteroatoms. The quantitative estimate of drug-likeness (QED) is 0.576. The molecule has 0 unspecified atom stereocenters. The Bertz CT molecular complexity index is 667. The van der Waals surface area contributed by atoms with Crippen LogP contribution in [0.5, 0.6) is 0 Å². The minimum absolute atomic E-state index is 0.0136. The molecule has 116 valence electrons. The molecule has 0 N–H and O–H groups in total. The third-order valence-corrected chi connectivity index (χ3v) is 4.79. The maximum absolute atomic E-state index is 12.4. The van der Waals surface area contributed by atoms with E-state index in [1.807, 2.05) is 0 Å². The summed E-state index contributed by atoms with van der Waals surface area (Å²) in [5, 5.41) is 0. The Balaban J connectivity index is 2.09. The SMILES string of the molecule is C=C1C(=O)O[C@]23C[C@H]1CCC(COC(C)=O)=C2C(=O)C=C3C. The Kier molecular flexibility index (Phi) is 3.31. The van der Waals surface area contributed by atoms with Gasteiger partial charge in [0.2, 0.25) is 0 Å². The molecule has 1 saturated heterocycles. The van der Waals surface area contributed by atoms with E-state index in [0.717, 1.165) is 11.1 Å². The van der Waals surface area contributed by atoms with E-state index < -0.39 is 17.5 Å². The van der Waals surface area contributed by atoms with Crippen molar-refractivity contribution in [1.82, 2.24) is 0 Å². The molecule has 0 aromatic rings. The zero-order valence-electron chi connectivity index (χ0n) is 12.7. The third kappa shape index (κ3) is 2.03. The smallest absolute Gasteiger partial charge is 0.334 e. The molecular weight excluding hydrogens is 284 g/mol. The molecule has 1 fully saturated rings. The van der Waals surface area contributed by atoms with Gasteiger partial charge in [-0.15, -0.1) is 0 Å². The largest absolute Gasteiger partial charge is 0.461 e. The molecule has 1 spiro atoms. The van der Waals surface area contributed by atoms with Gasteiger partial charge in [-0.3, -0.25) is 9.59 Å². The van der Waals surface area contributed by atoms with Crippen LogP contribution < -0.4 is 0 Å². The fourth-order valence-electron chi connectivity index (χ4n) is 3.62. The van der Waals surface area contributed by atoms with Crippen LogP contribution in [-0.4, -0.2) is 29.9 Å². The van der Waals surface area contributed by atoms with Gasteiger partial charge in [-0.1, -0.05) is 6.58 Å². The van der Waals surface area contributed by atoms with E-state index in [4.69, 9.17) is 9.47 Å². The topological polar surface area (TPSA) is 69.7 Å². The molecule has 2 aliphatic carbocycles. The van der Waals surface area contributed by atoms with Crippen LogP contribution in [-0.2, 0) is 23.9 Å². The molecule has 5 nitrogen and oxygen atoms in total. The molecule has 0 aromatic carbocycles. The third-order valence-electron chi connectivity index (χ3n) is 4.79. The first-order valence-corrected chi connectivity index (χ1v) is 7.36. The number of esters is 2. The predicted molar refractivity (Wildman–Crippen MR) is 77.7 cm³/mol. The van der Waals surface area contributed by atoms with Crippen molar-refractivity contribution < 1.29 is 23.9 Å². The Morgan fingerprint density at radius 2 is 2.23 bits per heavy atom. The summed E-state index contributed by atoms with van der Waals surface area (Å²) in [5.74, 6) is -1.00. The first-order chi connectivity index (χ1) is 10.3. The van der Waals surface area contributed by atoms with Crippen molar-refractivity contribution in [3.8, 4) is 0 Å². The highest BCUT2D eigenvalue weighted by molar-refractivity contribution is 6.11. The molecule has 0 aromatic heterocycles. The Hall–Kier alpha value is -2.17. The van der Waals surface area contributed by atoms with E-state index in [1.54, 1.807) is 6.92 Å². The average Bonchev–Trinajstić information content (AvgIpc) is 2.60. The number of ketones is 1. The van der Waals surface area contributed by atoms with E-state index in [2.05, 4.69) is 6.58 Å². The first kappa shape index (κ1) is 14.8. The van der Waals surface area contributed by atoms with E-state index in [1.165, 1.54) is 13.0 Å². The van der Waals surface area contributed by atoms with Gasteiger partial charge >= 0.3 is 11.9 Å². The highest BCUT2D eigenvalue weighted by Gasteiger charge is 2.54. The summed E-state index contributed by atoms with van der Waals surface area (Å²) in [5.41, 5.74) is 1.44. The molecule has 2 atom stereocenters. The zero-order valence-corrected chi connectivity index (χ0v) is 12.7.